The zero-order valence-electron chi connectivity index (χ0n) is 11.1. The second kappa shape index (κ2) is 5.64. The summed E-state index contributed by atoms with van der Waals surface area (Å²) in [7, 11) is 0. The van der Waals surface area contributed by atoms with Crippen molar-refractivity contribution in [1.29, 1.82) is 0 Å². The van der Waals surface area contributed by atoms with Crippen LogP contribution in [0.1, 0.15) is 33.2 Å². The Morgan fingerprint density at radius 2 is 1.58 bits per heavy atom. The summed E-state index contributed by atoms with van der Waals surface area (Å²) in [4.78, 5) is 0. The molecule has 0 aromatic heterocycles. The molecule has 2 aromatic rings. The first-order chi connectivity index (χ1) is 8.90. The maximum absolute atomic E-state index is 13.7. The summed E-state index contributed by atoms with van der Waals surface area (Å²) < 4.78 is 14.7. The van der Waals surface area contributed by atoms with E-state index in [1.165, 1.54) is 0 Å². The van der Waals surface area contributed by atoms with Crippen molar-refractivity contribution in [3.05, 3.63) is 68.4 Å². The molecule has 100 valence electrons. The minimum atomic E-state index is -0.268. The highest BCUT2D eigenvalue weighted by Gasteiger charge is 2.16. The summed E-state index contributed by atoms with van der Waals surface area (Å²) in [5, 5.41) is -0.268. The first kappa shape index (κ1) is 14.5. The molecule has 0 fully saturated rings. The summed E-state index contributed by atoms with van der Waals surface area (Å²) in [5.41, 5.74) is 4.37. The molecule has 0 aliphatic heterocycles. The Hall–Kier alpha value is -0.860. The van der Waals surface area contributed by atoms with Gasteiger partial charge in [0.05, 0.1) is 5.38 Å². The molecule has 0 N–H and O–H groups in total. The monoisotopic (exact) mass is 340 g/mol. The van der Waals surface area contributed by atoms with E-state index >= 15 is 0 Å². The van der Waals surface area contributed by atoms with Gasteiger partial charge in [0.25, 0.3) is 0 Å². The average Bonchev–Trinajstić information content (AvgIpc) is 2.37. The van der Waals surface area contributed by atoms with Gasteiger partial charge in [-0.3, -0.25) is 0 Å². The SMILES string of the molecule is Cc1ccc(Br)cc1C(Cl)c1cc(C)c(F)c(C)c1. The van der Waals surface area contributed by atoms with Crippen LogP contribution in [0.3, 0.4) is 0 Å². The van der Waals surface area contributed by atoms with Gasteiger partial charge in [-0.25, -0.2) is 4.39 Å². The first-order valence-corrected chi connectivity index (χ1v) is 7.30. The molecule has 0 spiro atoms. The highest BCUT2D eigenvalue weighted by atomic mass is 79.9. The predicted octanol–water partition coefficient (Wildman–Crippen LogP) is 5.84. The van der Waals surface area contributed by atoms with Crippen LogP contribution in [0, 0.1) is 26.6 Å². The lowest BCUT2D eigenvalue weighted by Crippen LogP contribution is -1.99. The van der Waals surface area contributed by atoms with Gasteiger partial charge in [0.15, 0.2) is 0 Å². The third kappa shape index (κ3) is 3.01. The number of aryl methyl sites for hydroxylation is 3. The Morgan fingerprint density at radius 1 is 1.00 bits per heavy atom. The molecule has 0 aliphatic rings. The summed E-state index contributed by atoms with van der Waals surface area (Å²) in [6.07, 6.45) is 0. The van der Waals surface area contributed by atoms with Crippen LogP contribution in [-0.4, -0.2) is 0 Å². The maximum atomic E-state index is 13.7. The molecule has 0 nitrogen and oxygen atoms in total. The molecule has 0 saturated carbocycles. The smallest absolute Gasteiger partial charge is 0.129 e. The minimum absolute atomic E-state index is 0.154. The largest absolute Gasteiger partial charge is 0.206 e. The molecule has 0 amide bonds. The Balaban J connectivity index is 2.49. The van der Waals surface area contributed by atoms with E-state index in [1.54, 1.807) is 13.8 Å². The van der Waals surface area contributed by atoms with Crippen LogP contribution in [0.4, 0.5) is 4.39 Å². The Morgan fingerprint density at radius 3 is 2.16 bits per heavy atom. The fourth-order valence-corrected chi connectivity index (χ4v) is 2.93. The van der Waals surface area contributed by atoms with Gasteiger partial charge in [0.2, 0.25) is 0 Å². The van der Waals surface area contributed by atoms with Gasteiger partial charge in [-0.2, -0.15) is 0 Å². The van der Waals surface area contributed by atoms with Crippen molar-refractivity contribution in [2.24, 2.45) is 0 Å². The van der Waals surface area contributed by atoms with Gasteiger partial charge in [-0.15, -0.1) is 11.6 Å². The molecule has 1 unspecified atom stereocenters. The van der Waals surface area contributed by atoms with Crippen molar-refractivity contribution in [3.63, 3.8) is 0 Å². The topological polar surface area (TPSA) is 0 Å². The van der Waals surface area contributed by atoms with Crippen molar-refractivity contribution in [1.82, 2.24) is 0 Å². The van der Waals surface area contributed by atoms with Crippen LogP contribution in [0.25, 0.3) is 0 Å². The van der Waals surface area contributed by atoms with Gasteiger partial charge in [-0.05, 0) is 60.7 Å². The lowest BCUT2D eigenvalue weighted by molar-refractivity contribution is 0.608. The zero-order valence-corrected chi connectivity index (χ0v) is 13.4. The van der Waals surface area contributed by atoms with Crippen LogP contribution in [-0.2, 0) is 0 Å². The summed E-state index contributed by atoms with van der Waals surface area (Å²) >= 11 is 10.0. The number of rotatable bonds is 2. The zero-order chi connectivity index (χ0) is 14.2. The molecule has 0 saturated heterocycles. The molecule has 0 bridgehead atoms. The lowest BCUT2D eigenvalue weighted by Gasteiger charge is -2.15. The molecule has 2 rings (SSSR count). The highest BCUT2D eigenvalue weighted by molar-refractivity contribution is 9.10. The third-order valence-electron chi connectivity index (χ3n) is 3.27. The molecule has 1 atom stereocenters. The fourth-order valence-electron chi connectivity index (χ4n) is 2.19. The molecule has 2 aromatic carbocycles. The Kier molecular flexibility index (Phi) is 4.32. The fraction of sp³-hybridized carbons (Fsp3) is 0.250. The van der Waals surface area contributed by atoms with Gasteiger partial charge in [0.1, 0.15) is 5.82 Å². The molecule has 3 heteroatoms. The van der Waals surface area contributed by atoms with Gasteiger partial charge < -0.3 is 0 Å². The average molecular weight is 342 g/mol. The van der Waals surface area contributed by atoms with Crippen LogP contribution >= 0.6 is 27.5 Å². The Labute approximate surface area is 126 Å². The minimum Gasteiger partial charge on any atom is -0.206 e. The summed E-state index contributed by atoms with van der Waals surface area (Å²) in [5.74, 6) is -0.154. The number of halogens is 3. The van der Waals surface area contributed by atoms with Crippen LogP contribution in [0.2, 0.25) is 0 Å². The van der Waals surface area contributed by atoms with E-state index in [1.807, 2.05) is 37.3 Å². The second-order valence-electron chi connectivity index (χ2n) is 4.83. The Bertz CT molecular complexity index is 599. The molecule has 0 radical (unpaired) electrons. The van der Waals surface area contributed by atoms with Gasteiger partial charge >= 0.3 is 0 Å². The molecular weight excluding hydrogens is 327 g/mol. The predicted molar refractivity (Wildman–Crippen MR) is 82.4 cm³/mol. The van der Waals surface area contributed by atoms with Crippen molar-refractivity contribution >= 4 is 27.5 Å². The van der Waals surface area contributed by atoms with E-state index in [0.717, 1.165) is 21.2 Å². The molecule has 19 heavy (non-hydrogen) atoms. The van der Waals surface area contributed by atoms with Crippen molar-refractivity contribution < 1.29 is 4.39 Å². The van der Waals surface area contributed by atoms with Crippen molar-refractivity contribution in [2.75, 3.05) is 0 Å². The van der Waals surface area contributed by atoms with Gasteiger partial charge in [-0.1, -0.05) is 34.1 Å². The normalized spacial score (nSPS) is 12.5. The molecular formula is C16H15BrClF. The summed E-state index contributed by atoms with van der Waals surface area (Å²) in [6, 6.07) is 9.67. The number of benzene rings is 2. The second-order valence-corrected chi connectivity index (χ2v) is 6.18. The van der Waals surface area contributed by atoms with Crippen molar-refractivity contribution in [2.45, 2.75) is 26.1 Å². The van der Waals surface area contributed by atoms with Crippen LogP contribution in [0.15, 0.2) is 34.8 Å². The van der Waals surface area contributed by atoms with Crippen molar-refractivity contribution in [3.8, 4) is 0 Å². The van der Waals surface area contributed by atoms with E-state index in [4.69, 9.17) is 11.6 Å². The molecule has 0 aliphatic carbocycles. The number of hydrogen-bond donors (Lipinski definition) is 0. The first-order valence-electron chi connectivity index (χ1n) is 6.07. The van der Waals surface area contributed by atoms with E-state index in [2.05, 4.69) is 15.9 Å². The summed E-state index contributed by atoms with van der Waals surface area (Å²) in [6.45, 7) is 5.56. The van der Waals surface area contributed by atoms with E-state index in [0.29, 0.717) is 11.1 Å². The van der Waals surface area contributed by atoms with E-state index in [9.17, 15) is 4.39 Å². The quantitative estimate of drug-likeness (QED) is 0.602. The molecule has 0 heterocycles. The standard InChI is InChI=1S/C16H15BrClF/c1-9-4-5-13(17)8-14(9)15(18)12-6-10(2)16(19)11(3)7-12/h4-8,15H,1-3H3. The maximum Gasteiger partial charge on any atom is 0.129 e. The lowest BCUT2D eigenvalue weighted by atomic mass is 9.97. The van der Waals surface area contributed by atoms with E-state index < -0.39 is 0 Å². The number of hydrogen-bond acceptors (Lipinski definition) is 0. The third-order valence-corrected chi connectivity index (χ3v) is 4.25. The van der Waals surface area contributed by atoms with E-state index in [-0.39, 0.29) is 11.2 Å². The van der Waals surface area contributed by atoms with Crippen LogP contribution in [0.5, 0.6) is 0 Å². The number of alkyl halides is 1. The van der Waals surface area contributed by atoms with Gasteiger partial charge in [0, 0.05) is 4.47 Å². The highest BCUT2D eigenvalue weighted by Crippen LogP contribution is 2.34. The van der Waals surface area contributed by atoms with Crippen LogP contribution < -0.4 is 0 Å².